The Balaban J connectivity index is 2.15. The third-order valence-corrected chi connectivity index (χ3v) is 4.47. The second-order valence-electron chi connectivity index (χ2n) is 5.52. The molecular weight excluding hydrogens is 238 g/mol. The molecule has 106 valence electrons. The van der Waals surface area contributed by atoms with E-state index in [0.29, 0.717) is 5.92 Å². The van der Waals surface area contributed by atoms with Crippen LogP contribution in [0.5, 0.6) is 5.75 Å². The van der Waals surface area contributed by atoms with Crippen molar-refractivity contribution in [3.05, 3.63) is 24.3 Å². The Labute approximate surface area is 116 Å². The molecule has 2 unspecified atom stereocenters. The van der Waals surface area contributed by atoms with Gasteiger partial charge >= 0.3 is 0 Å². The molecule has 1 aromatic rings. The average molecular weight is 263 g/mol. The zero-order chi connectivity index (χ0) is 13.7. The monoisotopic (exact) mass is 263 g/mol. The van der Waals surface area contributed by atoms with Crippen molar-refractivity contribution in [3.63, 3.8) is 0 Å². The Hall–Kier alpha value is -1.22. The Bertz CT molecular complexity index is 390. The molecule has 0 heterocycles. The molecule has 0 amide bonds. The molecule has 1 saturated carbocycles. The van der Waals surface area contributed by atoms with E-state index >= 15 is 0 Å². The van der Waals surface area contributed by atoms with E-state index in [2.05, 4.69) is 12.2 Å². The van der Waals surface area contributed by atoms with Crippen LogP contribution in [0.15, 0.2) is 24.3 Å². The lowest BCUT2D eigenvalue weighted by Crippen LogP contribution is -2.50. The minimum Gasteiger partial charge on any atom is -0.497 e. The molecular formula is C16H25NO2. The van der Waals surface area contributed by atoms with Gasteiger partial charge in [0.2, 0.25) is 0 Å². The van der Waals surface area contributed by atoms with Crippen LogP contribution in [0.1, 0.15) is 39.0 Å². The molecule has 1 fully saturated rings. The Kier molecular flexibility index (Phi) is 4.70. The maximum atomic E-state index is 9.92. The molecule has 3 nitrogen and oxygen atoms in total. The van der Waals surface area contributed by atoms with Gasteiger partial charge in [-0.05, 0) is 43.0 Å². The highest BCUT2D eigenvalue weighted by Gasteiger charge is 2.39. The summed E-state index contributed by atoms with van der Waals surface area (Å²) in [5, 5.41) is 13.5. The summed E-state index contributed by atoms with van der Waals surface area (Å²) in [4.78, 5) is 0. The summed E-state index contributed by atoms with van der Waals surface area (Å²) in [5.74, 6) is 1.41. The minimum atomic E-state index is -0.151. The van der Waals surface area contributed by atoms with Gasteiger partial charge in [0.15, 0.2) is 0 Å². The van der Waals surface area contributed by atoms with Gasteiger partial charge in [-0.3, -0.25) is 0 Å². The van der Waals surface area contributed by atoms with Crippen molar-refractivity contribution < 1.29 is 9.84 Å². The number of hydrogen-bond donors (Lipinski definition) is 2. The number of rotatable bonds is 5. The molecule has 19 heavy (non-hydrogen) atoms. The van der Waals surface area contributed by atoms with Crippen LogP contribution in [-0.2, 0) is 0 Å². The van der Waals surface area contributed by atoms with Crippen molar-refractivity contribution in [2.24, 2.45) is 5.92 Å². The van der Waals surface area contributed by atoms with Crippen LogP contribution in [-0.4, -0.2) is 24.4 Å². The number of benzene rings is 1. The number of ether oxygens (including phenoxy) is 1. The van der Waals surface area contributed by atoms with E-state index in [1.807, 2.05) is 24.3 Å². The molecule has 2 rings (SSSR count). The molecule has 0 aromatic heterocycles. The predicted octanol–water partition coefficient (Wildman–Crippen LogP) is 3.44. The van der Waals surface area contributed by atoms with Crippen molar-refractivity contribution in [1.29, 1.82) is 0 Å². The SMILES string of the molecule is CCC1CCCCC1(CO)Nc1ccc(OC)cc1. The zero-order valence-electron chi connectivity index (χ0n) is 12.0. The molecule has 1 aliphatic carbocycles. The highest BCUT2D eigenvalue weighted by molar-refractivity contribution is 5.48. The third kappa shape index (κ3) is 3.03. The van der Waals surface area contributed by atoms with Crippen LogP contribution in [0.3, 0.4) is 0 Å². The van der Waals surface area contributed by atoms with Gasteiger partial charge in [0.1, 0.15) is 5.75 Å². The number of aliphatic hydroxyl groups is 1. The Morgan fingerprint density at radius 1 is 1.32 bits per heavy atom. The van der Waals surface area contributed by atoms with Crippen LogP contribution >= 0.6 is 0 Å². The number of anilines is 1. The maximum absolute atomic E-state index is 9.92. The number of hydrogen-bond acceptors (Lipinski definition) is 3. The molecule has 2 N–H and O–H groups in total. The highest BCUT2D eigenvalue weighted by Crippen LogP contribution is 2.38. The van der Waals surface area contributed by atoms with E-state index in [-0.39, 0.29) is 12.1 Å². The topological polar surface area (TPSA) is 41.5 Å². The zero-order valence-corrected chi connectivity index (χ0v) is 12.0. The summed E-state index contributed by atoms with van der Waals surface area (Å²) in [6, 6.07) is 7.96. The first kappa shape index (κ1) is 14.2. The number of aliphatic hydroxyl groups excluding tert-OH is 1. The summed E-state index contributed by atoms with van der Waals surface area (Å²) >= 11 is 0. The van der Waals surface area contributed by atoms with Crippen LogP contribution in [0.2, 0.25) is 0 Å². The molecule has 3 heteroatoms. The number of methoxy groups -OCH3 is 1. The summed E-state index contributed by atoms with van der Waals surface area (Å²) < 4.78 is 5.18. The van der Waals surface area contributed by atoms with E-state index in [1.54, 1.807) is 7.11 Å². The standard InChI is InChI=1S/C16H25NO2/c1-3-13-6-4-5-11-16(13,12-18)17-14-7-9-15(19-2)10-8-14/h7-10,13,17-18H,3-6,11-12H2,1-2H3. The summed E-state index contributed by atoms with van der Waals surface area (Å²) in [5.41, 5.74) is 0.914. The second kappa shape index (κ2) is 6.29. The van der Waals surface area contributed by atoms with Crippen molar-refractivity contribution in [2.75, 3.05) is 19.0 Å². The smallest absolute Gasteiger partial charge is 0.119 e. The van der Waals surface area contributed by atoms with Crippen molar-refractivity contribution in [2.45, 2.75) is 44.6 Å². The fourth-order valence-electron chi connectivity index (χ4n) is 3.28. The van der Waals surface area contributed by atoms with Gasteiger partial charge in [-0.2, -0.15) is 0 Å². The van der Waals surface area contributed by atoms with Crippen molar-refractivity contribution in [1.82, 2.24) is 0 Å². The molecule has 0 saturated heterocycles. The largest absolute Gasteiger partial charge is 0.497 e. The van der Waals surface area contributed by atoms with Crippen LogP contribution < -0.4 is 10.1 Å². The van der Waals surface area contributed by atoms with E-state index in [9.17, 15) is 5.11 Å². The Morgan fingerprint density at radius 3 is 2.63 bits per heavy atom. The molecule has 0 aliphatic heterocycles. The van der Waals surface area contributed by atoms with Gasteiger partial charge in [-0.1, -0.05) is 26.2 Å². The van der Waals surface area contributed by atoms with Crippen LogP contribution in [0.4, 0.5) is 5.69 Å². The summed E-state index contributed by atoms with van der Waals surface area (Å²) in [6.07, 6.45) is 5.85. The van der Waals surface area contributed by atoms with Gasteiger partial charge in [0.05, 0.1) is 19.3 Å². The van der Waals surface area contributed by atoms with Gasteiger partial charge in [-0.15, -0.1) is 0 Å². The number of nitrogens with one attached hydrogen (secondary N) is 1. The van der Waals surface area contributed by atoms with E-state index in [1.165, 1.54) is 19.3 Å². The molecule has 0 radical (unpaired) electrons. The predicted molar refractivity (Wildman–Crippen MR) is 78.7 cm³/mol. The second-order valence-corrected chi connectivity index (χ2v) is 5.52. The minimum absolute atomic E-state index is 0.151. The summed E-state index contributed by atoms with van der Waals surface area (Å²) in [6.45, 7) is 2.42. The normalized spacial score (nSPS) is 27.0. The third-order valence-electron chi connectivity index (χ3n) is 4.47. The average Bonchev–Trinajstić information content (AvgIpc) is 2.48. The first-order chi connectivity index (χ1) is 9.24. The lowest BCUT2D eigenvalue weighted by Gasteiger charge is -2.44. The molecule has 1 aliphatic rings. The van der Waals surface area contributed by atoms with Gasteiger partial charge in [-0.25, -0.2) is 0 Å². The maximum Gasteiger partial charge on any atom is 0.119 e. The van der Waals surface area contributed by atoms with Crippen molar-refractivity contribution >= 4 is 5.69 Å². The molecule has 0 spiro atoms. The quantitative estimate of drug-likeness (QED) is 0.855. The van der Waals surface area contributed by atoms with E-state index < -0.39 is 0 Å². The first-order valence-electron chi connectivity index (χ1n) is 7.27. The molecule has 1 aromatic carbocycles. The van der Waals surface area contributed by atoms with Crippen LogP contribution in [0, 0.1) is 5.92 Å². The molecule has 0 bridgehead atoms. The van der Waals surface area contributed by atoms with Gasteiger partial charge in [0, 0.05) is 5.69 Å². The lowest BCUT2D eigenvalue weighted by molar-refractivity contribution is 0.115. The van der Waals surface area contributed by atoms with E-state index in [4.69, 9.17) is 4.74 Å². The van der Waals surface area contributed by atoms with Crippen LogP contribution in [0.25, 0.3) is 0 Å². The summed E-state index contributed by atoms with van der Waals surface area (Å²) in [7, 11) is 1.67. The fraction of sp³-hybridized carbons (Fsp3) is 0.625. The molecule has 2 atom stereocenters. The highest BCUT2D eigenvalue weighted by atomic mass is 16.5. The van der Waals surface area contributed by atoms with E-state index in [0.717, 1.165) is 24.3 Å². The van der Waals surface area contributed by atoms with Crippen molar-refractivity contribution in [3.8, 4) is 5.75 Å². The fourth-order valence-corrected chi connectivity index (χ4v) is 3.28. The Morgan fingerprint density at radius 2 is 2.05 bits per heavy atom. The van der Waals surface area contributed by atoms with Gasteiger partial charge < -0.3 is 15.2 Å². The first-order valence-corrected chi connectivity index (χ1v) is 7.27. The lowest BCUT2D eigenvalue weighted by atomic mass is 9.71. The van der Waals surface area contributed by atoms with Gasteiger partial charge in [0.25, 0.3) is 0 Å².